The molecule has 0 spiro atoms. The molecule has 1 amide bonds. The number of halogens is 3. The number of nitrogens with one attached hydrogen (secondary N) is 1. The van der Waals surface area contributed by atoms with Crippen LogP contribution < -0.4 is 5.32 Å². The predicted molar refractivity (Wildman–Crippen MR) is 56.0 cm³/mol. The summed E-state index contributed by atoms with van der Waals surface area (Å²) in [6, 6.07) is 4.18. The number of carbonyl (C=O) groups excluding carboxylic acids is 1. The molecule has 1 aromatic rings. The van der Waals surface area contributed by atoms with E-state index in [1.165, 1.54) is 12.1 Å². The largest absolute Gasteiger partial charge is 0.452 e. The van der Waals surface area contributed by atoms with Crippen LogP contribution in [0.15, 0.2) is 24.3 Å². The maximum Gasteiger partial charge on any atom is 0.416 e. The maximum absolute atomic E-state index is 12.3. The molecule has 17 heavy (non-hydrogen) atoms. The minimum atomic E-state index is -4.40. The van der Waals surface area contributed by atoms with Gasteiger partial charge in [-0.25, -0.2) is 0 Å². The average Bonchev–Trinajstić information content (AvgIpc) is 2.57. The highest BCUT2D eigenvalue weighted by Crippen LogP contribution is 2.31. The van der Waals surface area contributed by atoms with Crippen molar-refractivity contribution in [2.75, 3.05) is 0 Å². The van der Waals surface area contributed by atoms with Crippen molar-refractivity contribution in [1.82, 2.24) is 5.32 Å². The number of rotatable bonds is 1. The number of hydrogen-bond acceptors (Lipinski definition) is 3. The van der Waals surface area contributed by atoms with Crippen LogP contribution in [0.3, 0.4) is 0 Å². The SMILES string of the molecule is O=C1NC(=S)OC1c1ccc(C(F)(F)F)cc1. The molecule has 2 rings (SSSR count). The molecule has 1 fully saturated rings. The molecule has 1 aromatic carbocycles. The van der Waals surface area contributed by atoms with Crippen molar-refractivity contribution in [2.24, 2.45) is 0 Å². The van der Waals surface area contributed by atoms with E-state index in [-0.39, 0.29) is 5.17 Å². The van der Waals surface area contributed by atoms with Gasteiger partial charge >= 0.3 is 6.18 Å². The molecule has 0 aromatic heterocycles. The van der Waals surface area contributed by atoms with E-state index >= 15 is 0 Å². The fourth-order valence-corrected chi connectivity index (χ4v) is 1.62. The van der Waals surface area contributed by atoms with E-state index in [0.29, 0.717) is 5.56 Å². The summed E-state index contributed by atoms with van der Waals surface area (Å²) < 4.78 is 41.9. The average molecular weight is 261 g/mol. The van der Waals surface area contributed by atoms with Gasteiger partial charge in [-0.3, -0.25) is 10.1 Å². The first-order valence-electron chi connectivity index (χ1n) is 4.56. The van der Waals surface area contributed by atoms with Crippen LogP contribution in [0.4, 0.5) is 13.2 Å². The van der Waals surface area contributed by atoms with E-state index in [1.54, 1.807) is 0 Å². The Bertz CT molecular complexity index is 469. The van der Waals surface area contributed by atoms with Gasteiger partial charge in [0.05, 0.1) is 5.56 Å². The minimum absolute atomic E-state index is 0.0695. The quantitative estimate of drug-likeness (QED) is 0.787. The fourth-order valence-electron chi connectivity index (χ4n) is 1.42. The zero-order valence-electron chi connectivity index (χ0n) is 8.25. The van der Waals surface area contributed by atoms with Crippen molar-refractivity contribution >= 4 is 23.3 Å². The summed E-state index contributed by atoms with van der Waals surface area (Å²) in [4.78, 5) is 11.3. The first kappa shape index (κ1) is 11.8. The van der Waals surface area contributed by atoms with Crippen LogP contribution in [0.5, 0.6) is 0 Å². The van der Waals surface area contributed by atoms with Crippen molar-refractivity contribution in [3.05, 3.63) is 35.4 Å². The monoisotopic (exact) mass is 261 g/mol. The van der Waals surface area contributed by atoms with E-state index in [0.717, 1.165) is 12.1 Å². The molecule has 1 aliphatic rings. The molecular weight excluding hydrogens is 255 g/mol. The van der Waals surface area contributed by atoms with Gasteiger partial charge in [-0.1, -0.05) is 12.1 Å². The third kappa shape index (κ3) is 2.38. The number of benzene rings is 1. The van der Waals surface area contributed by atoms with E-state index < -0.39 is 23.8 Å². The molecule has 0 aliphatic carbocycles. The molecule has 3 nitrogen and oxygen atoms in total. The Morgan fingerprint density at radius 1 is 1.24 bits per heavy atom. The molecule has 0 radical (unpaired) electrons. The van der Waals surface area contributed by atoms with Gasteiger partial charge in [0.2, 0.25) is 6.10 Å². The Kier molecular flexibility index (Phi) is 2.78. The number of hydrogen-bond donors (Lipinski definition) is 1. The van der Waals surface area contributed by atoms with Crippen LogP contribution in [0.2, 0.25) is 0 Å². The predicted octanol–water partition coefficient (Wildman–Crippen LogP) is 2.18. The van der Waals surface area contributed by atoms with Crippen molar-refractivity contribution in [3.63, 3.8) is 0 Å². The lowest BCUT2D eigenvalue weighted by Crippen LogP contribution is -2.20. The second-order valence-electron chi connectivity index (χ2n) is 3.39. The van der Waals surface area contributed by atoms with E-state index in [2.05, 4.69) is 17.5 Å². The van der Waals surface area contributed by atoms with Crippen LogP contribution in [0.25, 0.3) is 0 Å². The fraction of sp³-hybridized carbons (Fsp3) is 0.200. The first-order chi connectivity index (χ1) is 7.88. The van der Waals surface area contributed by atoms with Gasteiger partial charge < -0.3 is 4.74 Å². The smallest absolute Gasteiger partial charge is 0.416 e. The summed E-state index contributed by atoms with van der Waals surface area (Å²) in [5, 5.41) is 2.19. The number of ether oxygens (including phenoxy) is 1. The third-order valence-electron chi connectivity index (χ3n) is 2.23. The molecule has 7 heteroatoms. The van der Waals surface area contributed by atoms with Gasteiger partial charge in [0.1, 0.15) is 0 Å². The minimum Gasteiger partial charge on any atom is -0.452 e. The number of amides is 1. The summed E-state index contributed by atoms with van der Waals surface area (Å²) in [5.41, 5.74) is -0.447. The van der Waals surface area contributed by atoms with E-state index in [1.807, 2.05) is 0 Å². The maximum atomic E-state index is 12.3. The Morgan fingerprint density at radius 3 is 2.24 bits per heavy atom. The summed E-state index contributed by atoms with van der Waals surface area (Å²) >= 11 is 4.62. The van der Waals surface area contributed by atoms with Crippen molar-refractivity contribution < 1.29 is 22.7 Å². The Hall–Kier alpha value is -1.63. The van der Waals surface area contributed by atoms with Gasteiger partial charge in [-0.2, -0.15) is 13.2 Å². The van der Waals surface area contributed by atoms with Crippen LogP contribution in [0, 0.1) is 0 Å². The van der Waals surface area contributed by atoms with Gasteiger partial charge in [0, 0.05) is 5.56 Å². The molecule has 0 saturated carbocycles. The molecule has 1 saturated heterocycles. The van der Waals surface area contributed by atoms with Crippen LogP contribution in [0.1, 0.15) is 17.2 Å². The number of carbonyl (C=O) groups is 1. The van der Waals surface area contributed by atoms with Crippen LogP contribution in [-0.2, 0) is 15.7 Å². The Labute approximate surface area is 99.6 Å². The Morgan fingerprint density at radius 2 is 1.82 bits per heavy atom. The second kappa shape index (κ2) is 3.99. The molecule has 1 atom stereocenters. The van der Waals surface area contributed by atoms with Crippen molar-refractivity contribution in [3.8, 4) is 0 Å². The standard InChI is InChI=1S/C10H6F3NO2S/c11-10(12,13)6-3-1-5(2-4-6)7-8(15)14-9(17)16-7/h1-4,7H,(H,14,15,17). The highest BCUT2D eigenvalue weighted by molar-refractivity contribution is 7.80. The molecular formula is C10H6F3NO2S. The highest BCUT2D eigenvalue weighted by atomic mass is 32.1. The lowest BCUT2D eigenvalue weighted by molar-refractivity contribution is -0.137. The van der Waals surface area contributed by atoms with Gasteiger partial charge in [-0.15, -0.1) is 0 Å². The summed E-state index contributed by atoms with van der Waals surface area (Å²) in [6.07, 6.45) is -5.36. The van der Waals surface area contributed by atoms with Crippen molar-refractivity contribution in [1.29, 1.82) is 0 Å². The molecule has 1 aliphatic heterocycles. The Balaban J connectivity index is 2.24. The molecule has 0 bridgehead atoms. The van der Waals surface area contributed by atoms with Gasteiger partial charge in [-0.05, 0) is 24.4 Å². The zero-order valence-corrected chi connectivity index (χ0v) is 9.06. The van der Waals surface area contributed by atoms with Gasteiger partial charge in [0.15, 0.2) is 0 Å². The van der Waals surface area contributed by atoms with E-state index in [9.17, 15) is 18.0 Å². The summed E-state index contributed by atoms with van der Waals surface area (Å²) in [5.74, 6) is -0.477. The summed E-state index contributed by atoms with van der Waals surface area (Å²) in [7, 11) is 0. The second-order valence-corrected chi connectivity index (χ2v) is 3.77. The van der Waals surface area contributed by atoms with Crippen LogP contribution in [-0.4, -0.2) is 11.1 Å². The topological polar surface area (TPSA) is 38.3 Å². The molecule has 90 valence electrons. The lowest BCUT2D eigenvalue weighted by atomic mass is 10.1. The normalized spacial score (nSPS) is 20.1. The first-order valence-corrected chi connectivity index (χ1v) is 4.97. The molecule has 1 heterocycles. The van der Waals surface area contributed by atoms with Crippen molar-refractivity contribution in [2.45, 2.75) is 12.3 Å². The molecule has 1 N–H and O–H groups in total. The molecule has 1 unspecified atom stereocenters. The summed E-state index contributed by atoms with van der Waals surface area (Å²) in [6.45, 7) is 0. The third-order valence-corrected chi connectivity index (χ3v) is 2.43. The number of thiocarbonyl (C=S) groups is 1. The van der Waals surface area contributed by atoms with E-state index in [4.69, 9.17) is 4.74 Å². The zero-order chi connectivity index (χ0) is 12.6. The number of alkyl halides is 3. The van der Waals surface area contributed by atoms with Gasteiger partial charge in [0.25, 0.3) is 11.1 Å². The van der Waals surface area contributed by atoms with Crippen LogP contribution >= 0.6 is 12.2 Å². The highest BCUT2D eigenvalue weighted by Gasteiger charge is 2.33. The lowest BCUT2D eigenvalue weighted by Gasteiger charge is -2.10.